The van der Waals surface area contributed by atoms with Gasteiger partial charge in [0.1, 0.15) is 0 Å². The lowest BCUT2D eigenvalue weighted by molar-refractivity contribution is -0.138. The molecule has 0 amide bonds. The van der Waals surface area contributed by atoms with Crippen molar-refractivity contribution in [2.75, 3.05) is 13.1 Å². The molecule has 2 unspecified atom stereocenters. The number of carboxylic acid groups (broad SMARTS) is 1. The van der Waals surface area contributed by atoms with Gasteiger partial charge in [-0.2, -0.15) is 0 Å². The summed E-state index contributed by atoms with van der Waals surface area (Å²) < 4.78 is 0. The minimum absolute atomic E-state index is 0.376. The Morgan fingerprint density at radius 1 is 1.45 bits per heavy atom. The van der Waals surface area contributed by atoms with E-state index in [1.165, 1.54) is 13.0 Å². The van der Waals surface area contributed by atoms with Crippen LogP contribution in [0.1, 0.15) is 19.3 Å². The van der Waals surface area contributed by atoms with Gasteiger partial charge < -0.3 is 5.11 Å². The quantitative estimate of drug-likeness (QED) is 0.633. The second-order valence-electron chi connectivity index (χ2n) is 3.54. The first-order valence-electron chi connectivity index (χ1n) is 4.23. The van der Waals surface area contributed by atoms with Gasteiger partial charge in [0.15, 0.2) is 0 Å². The van der Waals surface area contributed by atoms with Gasteiger partial charge in [0.2, 0.25) is 0 Å². The van der Waals surface area contributed by atoms with Gasteiger partial charge in [-0.1, -0.05) is 0 Å². The highest BCUT2D eigenvalue weighted by atomic mass is 16.4. The zero-order valence-electron chi connectivity index (χ0n) is 6.49. The monoisotopic (exact) mass is 155 g/mol. The number of fused-ring (bicyclic) bond motifs is 1. The SMILES string of the molecule is O=C(O)CC1CCN2CCC12. The molecule has 2 atom stereocenters. The minimum atomic E-state index is -0.635. The number of hydrogen-bond acceptors (Lipinski definition) is 2. The molecule has 2 fully saturated rings. The molecule has 62 valence electrons. The Bertz CT molecular complexity index is 181. The number of aliphatic carboxylic acids is 1. The van der Waals surface area contributed by atoms with Gasteiger partial charge in [0.25, 0.3) is 0 Å². The maximum absolute atomic E-state index is 10.4. The van der Waals surface area contributed by atoms with Crippen molar-refractivity contribution in [1.82, 2.24) is 4.90 Å². The fourth-order valence-electron chi connectivity index (χ4n) is 2.26. The fourth-order valence-corrected chi connectivity index (χ4v) is 2.26. The van der Waals surface area contributed by atoms with Crippen molar-refractivity contribution < 1.29 is 9.90 Å². The molecule has 2 rings (SSSR count). The lowest BCUT2D eigenvalue weighted by Crippen LogP contribution is -2.45. The van der Waals surface area contributed by atoms with Gasteiger partial charge in [-0.05, 0) is 31.8 Å². The molecule has 2 aliphatic heterocycles. The molecular weight excluding hydrogens is 142 g/mol. The van der Waals surface area contributed by atoms with Gasteiger partial charge in [-0.15, -0.1) is 0 Å². The molecule has 2 aliphatic rings. The highest BCUT2D eigenvalue weighted by Gasteiger charge is 2.40. The number of rotatable bonds is 2. The smallest absolute Gasteiger partial charge is 0.303 e. The molecular formula is C8H13NO2. The highest BCUT2D eigenvalue weighted by Crippen LogP contribution is 2.35. The standard InChI is InChI=1S/C8H13NO2/c10-8(11)5-6-1-3-9-4-2-7(6)9/h6-7H,1-5H2,(H,10,11). The molecule has 3 nitrogen and oxygen atoms in total. The fraction of sp³-hybridized carbons (Fsp3) is 0.875. The molecule has 0 spiro atoms. The van der Waals surface area contributed by atoms with E-state index in [1.54, 1.807) is 0 Å². The van der Waals surface area contributed by atoms with E-state index in [9.17, 15) is 4.79 Å². The van der Waals surface area contributed by atoms with Crippen LogP contribution in [0.5, 0.6) is 0 Å². The van der Waals surface area contributed by atoms with Crippen LogP contribution < -0.4 is 0 Å². The van der Waals surface area contributed by atoms with E-state index < -0.39 is 5.97 Å². The van der Waals surface area contributed by atoms with Crippen molar-refractivity contribution in [1.29, 1.82) is 0 Å². The van der Waals surface area contributed by atoms with Gasteiger partial charge in [-0.25, -0.2) is 0 Å². The molecule has 3 heteroatoms. The second-order valence-corrected chi connectivity index (χ2v) is 3.54. The average Bonchev–Trinajstić information content (AvgIpc) is 2.05. The summed E-state index contributed by atoms with van der Waals surface area (Å²) in [5, 5.41) is 8.58. The Kier molecular flexibility index (Phi) is 1.60. The van der Waals surface area contributed by atoms with Crippen molar-refractivity contribution in [3.8, 4) is 0 Å². The van der Waals surface area contributed by atoms with E-state index in [0.717, 1.165) is 13.0 Å². The molecule has 0 bridgehead atoms. The Morgan fingerprint density at radius 2 is 2.18 bits per heavy atom. The van der Waals surface area contributed by atoms with Crippen molar-refractivity contribution in [2.45, 2.75) is 25.3 Å². The molecule has 0 aromatic heterocycles. The summed E-state index contributed by atoms with van der Waals surface area (Å²) in [7, 11) is 0. The average molecular weight is 155 g/mol. The van der Waals surface area contributed by atoms with E-state index in [-0.39, 0.29) is 0 Å². The Morgan fingerprint density at radius 3 is 2.64 bits per heavy atom. The van der Waals surface area contributed by atoms with Crippen LogP contribution in [0.2, 0.25) is 0 Å². The summed E-state index contributed by atoms with van der Waals surface area (Å²) in [5.74, 6) is -0.190. The summed E-state index contributed by atoms with van der Waals surface area (Å²) >= 11 is 0. The van der Waals surface area contributed by atoms with E-state index in [0.29, 0.717) is 18.4 Å². The van der Waals surface area contributed by atoms with E-state index in [4.69, 9.17) is 5.11 Å². The molecule has 2 saturated heterocycles. The number of carbonyl (C=O) groups is 1. The van der Waals surface area contributed by atoms with E-state index in [1.807, 2.05) is 0 Å². The Hall–Kier alpha value is -0.570. The lowest BCUT2D eigenvalue weighted by Gasteiger charge is -2.37. The van der Waals surface area contributed by atoms with E-state index in [2.05, 4.69) is 4.90 Å². The number of nitrogens with zero attached hydrogens (tertiary/aromatic N) is 1. The number of carboxylic acids is 1. The molecule has 0 aromatic rings. The van der Waals surface area contributed by atoms with Crippen LogP contribution in [-0.2, 0) is 4.79 Å². The molecule has 0 aliphatic carbocycles. The number of hydrogen-bond donors (Lipinski definition) is 1. The highest BCUT2D eigenvalue weighted by molar-refractivity contribution is 5.67. The summed E-state index contributed by atoms with van der Waals surface area (Å²) in [6, 6.07) is 0.617. The first-order chi connectivity index (χ1) is 5.27. The summed E-state index contributed by atoms with van der Waals surface area (Å²) in [5.41, 5.74) is 0. The van der Waals surface area contributed by atoms with Crippen molar-refractivity contribution in [3.05, 3.63) is 0 Å². The van der Waals surface area contributed by atoms with Gasteiger partial charge in [0, 0.05) is 12.5 Å². The van der Waals surface area contributed by atoms with Crippen LogP contribution in [0, 0.1) is 5.92 Å². The third kappa shape index (κ3) is 1.13. The van der Waals surface area contributed by atoms with Crippen molar-refractivity contribution in [2.24, 2.45) is 5.92 Å². The normalized spacial score (nSPS) is 36.4. The topological polar surface area (TPSA) is 40.5 Å². The molecule has 0 saturated carbocycles. The zero-order chi connectivity index (χ0) is 7.84. The van der Waals surface area contributed by atoms with Crippen LogP contribution >= 0.6 is 0 Å². The Balaban J connectivity index is 1.90. The predicted octanol–water partition coefficient (Wildman–Crippen LogP) is 0.555. The van der Waals surface area contributed by atoms with Crippen molar-refractivity contribution in [3.63, 3.8) is 0 Å². The third-order valence-corrected chi connectivity index (χ3v) is 2.95. The van der Waals surface area contributed by atoms with Gasteiger partial charge >= 0.3 is 5.97 Å². The van der Waals surface area contributed by atoms with Crippen LogP contribution in [0.25, 0.3) is 0 Å². The largest absolute Gasteiger partial charge is 0.481 e. The third-order valence-electron chi connectivity index (χ3n) is 2.95. The second kappa shape index (κ2) is 2.48. The summed E-state index contributed by atoms with van der Waals surface area (Å²) in [6.45, 7) is 2.32. The molecule has 11 heavy (non-hydrogen) atoms. The molecule has 2 heterocycles. The first kappa shape index (κ1) is 7.10. The van der Waals surface area contributed by atoms with E-state index >= 15 is 0 Å². The summed E-state index contributed by atoms with van der Waals surface area (Å²) in [6.07, 6.45) is 2.69. The predicted molar refractivity (Wildman–Crippen MR) is 40.3 cm³/mol. The maximum Gasteiger partial charge on any atom is 0.303 e. The van der Waals surface area contributed by atoms with Gasteiger partial charge in [0.05, 0.1) is 0 Å². The molecule has 1 N–H and O–H groups in total. The minimum Gasteiger partial charge on any atom is -0.481 e. The van der Waals surface area contributed by atoms with Crippen molar-refractivity contribution >= 4 is 5.97 Å². The molecule has 0 aromatic carbocycles. The maximum atomic E-state index is 10.4. The first-order valence-corrected chi connectivity index (χ1v) is 4.23. The van der Waals surface area contributed by atoms with Crippen LogP contribution in [0.15, 0.2) is 0 Å². The summed E-state index contributed by atoms with van der Waals surface area (Å²) in [4.78, 5) is 12.8. The van der Waals surface area contributed by atoms with Crippen LogP contribution in [-0.4, -0.2) is 35.1 Å². The molecule has 0 radical (unpaired) electrons. The zero-order valence-corrected chi connectivity index (χ0v) is 6.49. The van der Waals surface area contributed by atoms with Crippen LogP contribution in [0.3, 0.4) is 0 Å². The Labute approximate surface area is 66.0 Å². The van der Waals surface area contributed by atoms with Gasteiger partial charge in [-0.3, -0.25) is 9.69 Å². The lowest BCUT2D eigenvalue weighted by atomic mass is 9.91. The van der Waals surface area contributed by atoms with Crippen LogP contribution in [0.4, 0.5) is 0 Å².